The molecule has 2 rings (SSSR count). The van der Waals surface area contributed by atoms with Crippen LogP contribution in [0.4, 0.5) is 4.79 Å². The molecule has 2 fully saturated rings. The van der Waals surface area contributed by atoms with Crippen molar-refractivity contribution in [1.82, 2.24) is 14.7 Å². The van der Waals surface area contributed by atoms with Crippen LogP contribution < -0.4 is 0 Å². The van der Waals surface area contributed by atoms with Crippen molar-refractivity contribution in [3.05, 3.63) is 0 Å². The van der Waals surface area contributed by atoms with E-state index in [1.54, 1.807) is 4.90 Å². The predicted octanol–water partition coefficient (Wildman–Crippen LogP) is 1.32. The first-order chi connectivity index (χ1) is 10.0. The number of urea groups is 1. The average molecular weight is 297 g/mol. The highest BCUT2D eigenvalue weighted by Gasteiger charge is 2.32. The minimum absolute atomic E-state index is 0.126. The molecule has 1 aliphatic heterocycles. The summed E-state index contributed by atoms with van der Waals surface area (Å²) in [5, 5.41) is 9.01. The van der Waals surface area contributed by atoms with Crippen molar-refractivity contribution in [3.8, 4) is 0 Å². The Morgan fingerprint density at radius 3 is 2.29 bits per heavy atom. The quantitative estimate of drug-likeness (QED) is 0.803. The molecular formula is C15H27N3O3. The first-order valence-corrected chi connectivity index (χ1v) is 7.97. The summed E-state index contributed by atoms with van der Waals surface area (Å²) < 4.78 is 0. The third-order valence-corrected chi connectivity index (χ3v) is 4.63. The van der Waals surface area contributed by atoms with Gasteiger partial charge in [0.1, 0.15) is 6.54 Å². The van der Waals surface area contributed by atoms with Crippen LogP contribution in [0.15, 0.2) is 0 Å². The summed E-state index contributed by atoms with van der Waals surface area (Å²) in [7, 11) is 1.82. The van der Waals surface area contributed by atoms with Gasteiger partial charge in [-0.1, -0.05) is 6.92 Å². The SMILES string of the molecule is CCN1CCC(N(C)C(=O)N(CC(=O)O)CC2CC2)CC1. The fourth-order valence-corrected chi connectivity index (χ4v) is 2.99. The van der Waals surface area contributed by atoms with Crippen LogP contribution in [0.2, 0.25) is 0 Å². The molecule has 0 aromatic rings. The van der Waals surface area contributed by atoms with E-state index < -0.39 is 5.97 Å². The van der Waals surface area contributed by atoms with Gasteiger partial charge in [0.15, 0.2) is 0 Å². The van der Waals surface area contributed by atoms with Crippen LogP contribution in [0.1, 0.15) is 32.6 Å². The number of carboxylic acids is 1. The number of piperidine rings is 1. The number of nitrogens with zero attached hydrogens (tertiary/aromatic N) is 3. The first-order valence-electron chi connectivity index (χ1n) is 7.97. The molecular weight excluding hydrogens is 270 g/mol. The molecule has 21 heavy (non-hydrogen) atoms. The van der Waals surface area contributed by atoms with Crippen LogP contribution in [0, 0.1) is 5.92 Å². The van der Waals surface area contributed by atoms with E-state index in [0.29, 0.717) is 12.5 Å². The summed E-state index contributed by atoms with van der Waals surface area (Å²) in [5.41, 5.74) is 0. The molecule has 0 radical (unpaired) electrons. The summed E-state index contributed by atoms with van der Waals surface area (Å²) in [6.07, 6.45) is 4.17. The number of carboxylic acid groups (broad SMARTS) is 1. The van der Waals surface area contributed by atoms with Crippen molar-refractivity contribution in [1.29, 1.82) is 0 Å². The van der Waals surface area contributed by atoms with Crippen LogP contribution in [0.5, 0.6) is 0 Å². The monoisotopic (exact) mass is 297 g/mol. The van der Waals surface area contributed by atoms with E-state index in [-0.39, 0.29) is 18.6 Å². The van der Waals surface area contributed by atoms with Crippen LogP contribution in [0.3, 0.4) is 0 Å². The second kappa shape index (κ2) is 7.11. The van der Waals surface area contributed by atoms with Crippen molar-refractivity contribution in [2.24, 2.45) is 5.92 Å². The van der Waals surface area contributed by atoms with Gasteiger partial charge < -0.3 is 19.8 Å². The summed E-state index contributed by atoms with van der Waals surface area (Å²) in [4.78, 5) is 29.2. The van der Waals surface area contributed by atoms with Crippen LogP contribution in [0.25, 0.3) is 0 Å². The molecule has 6 heteroatoms. The van der Waals surface area contributed by atoms with Gasteiger partial charge in [0, 0.05) is 32.7 Å². The lowest BCUT2D eigenvalue weighted by atomic mass is 10.0. The number of carbonyl (C=O) groups excluding carboxylic acids is 1. The van der Waals surface area contributed by atoms with Crippen LogP contribution in [-0.2, 0) is 4.79 Å². The predicted molar refractivity (Wildman–Crippen MR) is 80.2 cm³/mol. The van der Waals surface area contributed by atoms with E-state index in [1.807, 2.05) is 7.05 Å². The van der Waals surface area contributed by atoms with Crippen molar-refractivity contribution < 1.29 is 14.7 Å². The van der Waals surface area contributed by atoms with E-state index in [2.05, 4.69) is 11.8 Å². The van der Waals surface area contributed by atoms with Crippen LogP contribution in [-0.4, -0.2) is 77.6 Å². The lowest BCUT2D eigenvalue weighted by Crippen LogP contribution is -2.51. The third kappa shape index (κ3) is 4.59. The molecule has 1 saturated heterocycles. The van der Waals surface area contributed by atoms with Gasteiger partial charge >= 0.3 is 12.0 Å². The van der Waals surface area contributed by atoms with Gasteiger partial charge in [0.25, 0.3) is 0 Å². The molecule has 1 saturated carbocycles. The molecule has 1 aliphatic carbocycles. The second-order valence-electron chi connectivity index (χ2n) is 6.28. The van der Waals surface area contributed by atoms with Crippen molar-refractivity contribution in [2.45, 2.75) is 38.6 Å². The number of hydrogen-bond donors (Lipinski definition) is 1. The lowest BCUT2D eigenvalue weighted by molar-refractivity contribution is -0.137. The van der Waals surface area contributed by atoms with Gasteiger partial charge in [-0.25, -0.2) is 4.79 Å². The molecule has 0 spiro atoms. The zero-order valence-corrected chi connectivity index (χ0v) is 13.1. The molecule has 2 amide bonds. The van der Waals surface area contributed by atoms with Gasteiger partial charge in [-0.05, 0) is 38.1 Å². The fourth-order valence-electron chi connectivity index (χ4n) is 2.99. The molecule has 0 atom stereocenters. The zero-order chi connectivity index (χ0) is 15.4. The Morgan fingerprint density at radius 1 is 1.19 bits per heavy atom. The van der Waals surface area contributed by atoms with E-state index in [9.17, 15) is 9.59 Å². The second-order valence-corrected chi connectivity index (χ2v) is 6.28. The Morgan fingerprint density at radius 2 is 1.81 bits per heavy atom. The number of amides is 2. The molecule has 1 heterocycles. The largest absolute Gasteiger partial charge is 0.480 e. The molecule has 1 N–H and O–H groups in total. The highest BCUT2D eigenvalue weighted by molar-refractivity contribution is 5.80. The maximum Gasteiger partial charge on any atom is 0.323 e. The summed E-state index contributed by atoms with van der Waals surface area (Å²) in [6.45, 7) is 5.63. The Kier molecular flexibility index (Phi) is 5.45. The minimum atomic E-state index is -0.932. The minimum Gasteiger partial charge on any atom is -0.480 e. The van der Waals surface area contributed by atoms with Crippen molar-refractivity contribution >= 4 is 12.0 Å². The molecule has 0 unspecified atom stereocenters. The molecule has 0 aromatic carbocycles. The van der Waals surface area contributed by atoms with Gasteiger partial charge in [0.2, 0.25) is 0 Å². The number of carbonyl (C=O) groups is 2. The summed E-state index contributed by atoms with van der Waals surface area (Å²) in [6, 6.07) is 0.107. The highest BCUT2D eigenvalue weighted by atomic mass is 16.4. The average Bonchev–Trinajstić information content (AvgIpc) is 3.28. The maximum absolute atomic E-state index is 12.6. The topological polar surface area (TPSA) is 64.1 Å². The highest BCUT2D eigenvalue weighted by Crippen LogP contribution is 2.30. The van der Waals surface area contributed by atoms with Gasteiger partial charge in [-0.15, -0.1) is 0 Å². The Balaban J connectivity index is 1.90. The lowest BCUT2D eigenvalue weighted by Gasteiger charge is -2.38. The fraction of sp³-hybridized carbons (Fsp3) is 0.867. The van der Waals surface area contributed by atoms with Gasteiger partial charge in [0.05, 0.1) is 0 Å². The number of likely N-dealkylation sites (tertiary alicyclic amines) is 1. The van der Waals surface area contributed by atoms with E-state index >= 15 is 0 Å². The van der Waals surface area contributed by atoms with E-state index in [1.165, 1.54) is 4.90 Å². The molecule has 6 nitrogen and oxygen atoms in total. The zero-order valence-electron chi connectivity index (χ0n) is 13.1. The summed E-state index contributed by atoms with van der Waals surface area (Å²) in [5.74, 6) is -0.429. The number of hydrogen-bond acceptors (Lipinski definition) is 3. The van der Waals surface area contributed by atoms with Gasteiger partial charge in [-0.3, -0.25) is 4.79 Å². The van der Waals surface area contributed by atoms with E-state index in [0.717, 1.165) is 45.3 Å². The Bertz CT molecular complexity index is 376. The number of rotatable bonds is 6. The van der Waals surface area contributed by atoms with Crippen LogP contribution >= 0.6 is 0 Å². The van der Waals surface area contributed by atoms with Crippen molar-refractivity contribution in [2.75, 3.05) is 39.8 Å². The smallest absolute Gasteiger partial charge is 0.323 e. The van der Waals surface area contributed by atoms with Crippen molar-refractivity contribution in [3.63, 3.8) is 0 Å². The normalized spacial score (nSPS) is 20.3. The molecule has 120 valence electrons. The first kappa shape index (κ1) is 16.1. The molecule has 2 aliphatic rings. The molecule has 0 bridgehead atoms. The third-order valence-electron chi connectivity index (χ3n) is 4.63. The Hall–Kier alpha value is -1.30. The summed E-state index contributed by atoms with van der Waals surface area (Å²) >= 11 is 0. The Labute approximate surface area is 126 Å². The van der Waals surface area contributed by atoms with E-state index in [4.69, 9.17) is 5.11 Å². The standard InChI is InChI=1S/C15H27N3O3/c1-3-17-8-6-13(7-9-17)16(2)15(21)18(11-14(19)20)10-12-4-5-12/h12-13H,3-11H2,1-2H3,(H,19,20). The van der Waals surface area contributed by atoms with Gasteiger partial charge in [-0.2, -0.15) is 0 Å². The number of aliphatic carboxylic acids is 1. The maximum atomic E-state index is 12.6. The molecule has 0 aromatic heterocycles.